The van der Waals surface area contributed by atoms with Crippen LogP contribution in [0, 0.1) is 0 Å². The largest absolute Gasteiger partial charge is 0.490 e. The maximum absolute atomic E-state index is 6.10. The van der Waals surface area contributed by atoms with Crippen LogP contribution in [0.2, 0.25) is 16.4 Å². The highest BCUT2D eigenvalue weighted by molar-refractivity contribution is 6.55. The Balaban J connectivity index is 2.70. The van der Waals surface area contributed by atoms with Gasteiger partial charge >= 0.3 is 0 Å². The van der Waals surface area contributed by atoms with Gasteiger partial charge in [0.05, 0.1) is 16.7 Å². The average molecular weight is 342 g/mol. The summed E-state index contributed by atoms with van der Waals surface area (Å²) in [6, 6.07) is 3.29. The molecule has 0 atom stereocenters. The normalized spacial score (nSPS) is 10.1. The Hall–Kier alpha value is -0.215. The van der Waals surface area contributed by atoms with E-state index in [0.29, 0.717) is 28.2 Å². The van der Waals surface area contributed by atoms with E-state index in [2.05, 4.69) is 7.85 Å². The molecule has 0 aliphatic rings. The van der Waals surface area contributed by atoms with Crippen LogP contribution in [0.3, 0.4) is 0 Å². The van der Waals surface area contributed by atoms with Crippen LogP contribution in [-0.4, -0.2) is 21.1 Å². The molecule has 1 aromatic carbocycles. The van der Waals surface area contributed by atoms with E-state index < -0.39 is 0 Å². The molecule has 1 rings (SSSR count). The van der Waals surface area contributed by atoms with Gasteiger partial charge in [0.15, 0.2) is 5.75 Å². The van der Waals surface area contributed by atoms with Gasteiger partial charge in [-0.3, -0.25) is 0 Å². The fourth-order valence-electron chi connectivity index (χ4n) is 1.28. The third kappa shape index (κ3) is 6.18. The maximum atomic E-state index is 6.10. The Morgan fingerprint density at radius 3 is 2.32 bits per heavy atom. The third-order valence-corrected chi connectivity index (χ3v) is 3.07. The minimum atomic E-state index is 0.150. The van der Waals surface area contributed by atoms with Gasteiger partial charge in [-0.1, -0.05) is 52.7 Å². The fraction of sp³-hybridized carbons (Fsp3) is 0.333. The molecule has 0 heterocycles. The van der Waals surface area contributed by atoms with Crippen molar-refractivity contribution in [3.8, 4) is 11.5 Å². The van der Waals surface area contributed by atoms with Gasteiger partial charge < -0.3 is 9.47 Å². The molecule has 0 bridgehead atoms. The van der Waals surface area contributed by atoms with Gasteiger partial charge in [0.25, 0.3) is 0 Å². The molecule has 0 fully saturated rings. The summed E-state index contributed by atoms with van der Waals surface area (Å²) in [6.45, 7) is 0.825. The molecule has 0 amide bonds. The molecule has 0 unspecified atom stereocenters. The monoisotopic (exact) mass is 340 g/mol. The predicted octanol–water partition coefficient (Wildman–Crippen LogP) is 4.51. The van der Waals surface area contributed by atoms with Crippen LogP contribution < -0.4 is 9.47 Å². The highest BCUT2D eigenvalue weighted by Crippen LogP contribution is 2.37. The molecule has 0 radical (unpaired) electrons. The Bertz CT molecular complexity index is 424. The van der Waals surface area contributed by atoms with E-state index in [1.807, 2.05) is 0 Å². The number of hydrogen-bond acceptors (Lipinski definition) is 2. The van der Waals surface area contributed by atoms with Crippen LogP contribution in [0.1, 0.15) is 6.42 Å². The smallest absolute Gasteiger partial charge is 0.156 e. The molecule has 0 aliphatic heterocycles. The van der Waals surface area contributed by atoms with Crippen LogP contribution in [-0.2, 0) is 0 Å². The van der Waals surface area contributed by atoms with E-state index >= 15 is 0 Å². The summed E-state index contributed by atoms with van der Waals surface area (Å²) in [5, 5.41) is 0.833. The number of rotatable bonds is 7. The molecule has 104 valence electrons. The lowest BCUT2D eigenvalue weighted by Crippen LogP contribution is -1.99. The second-order valence-electron chi connectivity index (χ2n) is 3.72. The molecule has 0 saturated heterocycles. The Morgan fingerprint density at radius 1 is 1.16 bits per heavy atom. The van der Waals surface area contributed by atoms with Gasteiger partial charge in [0, 0.05) is 12.1 Å². The van der Waals surface area contributed by atoms with E-state index in [1.54, 1.807) is 12.1 Å². The average Bonchev–Trinajstić information content (AvgIpc) is 2.32. The lowest BCUT2D eigenvalue weighted by Gasteiger charge is -2.11. The van der Waals surface area contributed by atoms with E-state index in [1.165, 1.54) is 6.08 Å². The standard InChI is InChI=1S/C12H13BCl4O2/c13-3-1-4-19-12-9(14)6-8(7-10(12)15)18-5-2-11(16)17/h2,6-7H,1,3-5,13H2. The van der Waals surface area contributed by atoms with Crippen LogP contribution in [0.25, 0.3) is 0 Å². The predicted molar refractivity (Wildman–Crippen MR) is 85.2 cm³/mol. The molecular formula is C12H13BCl4O2. The zero-order valence-electron chi connectivity index (χ0n) is 10.4. The Labute approximate surface area is 134 Å². The summed E-state index contributed by atoms with van der Waals surface area (Å²) in [4.78, 5) is 0. The van der Waals surface area contributed by atoms with Crippen molar-refractivity contribution < 1.29 is 9.47 Å². The summed E-state index contributed by atoms with van der Waals surface area (Å²) in [5.74, 6) is 1.01. The first-order chi connectivity index (χ1) is 9.04. The molecule has 7 heteroatoms. The maximum Gasteiger partial charge on any atom is 0.156 e. The van der Waals surface area contributed by atoms with Crippen LogP contribution in [0.15, 0.2) is 22.7 Å². The lowest BCUT2D eigenvalue weighted by molar-refractivity contribution is 0.316. The second-order valence-corrected chi connectivity index (χ2v) is 5.55. The first-order valence-corrected chi connectivity index (χ1v) is 7.31. The fourth-order valence-corrected chi connectivity index (χ4v) is 1.98. The number of benzene rings is 1. The van der Waals surface area contributed by atoms with Gasteiger partial charge in [0.2, 0.25) is 0 Å². The molecule has 0 spiro atoms. The highest BCUT2D eigenvalue weighted by atomic mass is 35.5. The molecular weight excluding hydrogens is 329 g/mol. The van der Waals surface area contributed by atoms with E-state index in [9.17, 15) is 0 Å². The van der Waals surface area contributed by atoms with Crippen LogP contribution in [0.4, 0.5) is 0 Å². The van der Waals surface area contributed by atoms with Gasteiger partial charge in [-0.15, -0.1) is 0 Å². The minimum Gasteiger partial charge on any atom is -0.490 e. The van der Waals surface area contributed by atoms with Crippen molar-refractivity contribution in [1.29, 1.82) is 0 Å². The molecule has 0 aromatic heterocycles. The SMILES string of the molecule is BCCCOc1c(Cl)cc(OCC=C(Cl)Cl)cc1Cl. The van der Waals surface area contributed by atoms with Gasteiger partial charge in [-0.2, -0.15) is 0 Å². The van der Waals surface area contributed by atoms with Crippen molar-refractivity contribution in [1.82, 2.24) is 0 Å². The Kier molecular flexibility index (Phi) is 7.85. The number of hydrogen-bond donors (Lipinski definition) is 0. The zero-order chi connectivity index (χ0) is 14.3. The van der Waals surface area contributed by atoms with E-state index in [0.717, 1.165) is 12.7 Å². The van der Waals surface area contributed by atoms with Crippen molar-refractivity contribution in [3.05, 3.63) is 32.7 Å². The van der Waals surface area contributed by atoms with Crippen molar-refractivity contribution >= 4 is 54.3 Å². The first-order valence-electron chi connectivity index (χ1n) is 5.80. The molecule has 0 saturated carbocycles. The van der Waals surface area contributed by atoms with Crippen LogP contribution >= 0.6 is 46.4 Å². The van der Waals surface area contributed by atoms with Crippen molar-refractivity contribution in [2.24, 2.45) is 0 Å². The molecule has 0 aliphatic carbocycles. The quantitative estimate of drug-likeness (QED) is 0.536. The highest BCUT2D eigenvalue weighted by Gasteiger charge is 2.10. The van der Waals surface area contributed by atoms with E-state index in [4.69, 9.17) is 55.9 Å². The summed E-state index contributed by atoms with van der Waals surface area (Å²) < 4.78 is 11.1. The van der Waals surface area contributed by atoms with Crippen molar-refractivity contribution in [2.75, 3.05) is 13.2 Å². The molecule has 19 heavy (non-hydrogen) atoms. The number of ether oxygens (including phenoxy) is 2. The summed E-state index contributed by atoms with van der Waals surface area (Å²) in [7, 11) is 2.08. The second kappa shape index (κ2) is 8.86. The number of halogens is 4. The van der Waals surface area contributed by atoms with Crippen LogP contribution in [0.5, 0.6) is 11.5 Å². The molecule has 1 aromatic rings. The van der Waals surface area contributed by atoms with Crippen molar-refractivity contribution in [2.45, 2.75) is 12.7 Å². The lowest BCUT2D eigenvalue weighted by atomic mass is 10.0. The zero-order valence-corrected chi connectivity index (χ0v) is 13.4. The van der Waals surface area contributed by atoms with Gasteiger partial charge in [-0.25, -0.2) is 0 Å². The summed E-state index contributed by atoms with van der Waals surface area (Å²) in [6.07, 6.45) is 3.52. The van der Waals surface area contributed by atoms with E-state index in [-0.39, 0.29) is 11.1 Å². The Morgan fingerprint density at radius 2 is 1.79 bits per heavy atom. The van der Waals surface area contributed by atoms with Gasteiger partial charge in [-0.05, 0) is 12.5 Å². The topological polar surface area (TPSA) is 18.5 Å². The first kappa shape index (κ1) is 16.8. The van der Waals surface area contributed by atoms with Gasteiger partial charge in [0.1, 0.15) is 24.7 Å². The third-order valence-electron chi connectivity index (χ3n) is 2.20. The molecule has 2 nitrogen and oxygen atoms in total. The molecule has 0 N–H and O–H groups in total. The summed E-state index contributed by atoms with van der Waals surface area (Å²) in [5.41, 5.74) is 0. The summed E-state index contributed by atoms with van der Waals surface area (Å²) >= 11 is 23.2. The minimum absolute atomic E-state index is 0.150. The van der Waals surface area contributed by atoms with Crippen molar-refractivity contribution in [3.63, 3.8) is 0 Å².